The first-order chi connectivity index (χ1) is 13.1. The number of nitrogen functional groups attached to an aromatic ring is 1. The standard InChI is InChI=1S/C20H22N6O/c1-3-26(16-11-7-8-14(2)12-16)19-17(21)18(22-13-23-19)24-25-20(27)15-9-5-4-6-10-15/h4-13H,3,21H2,1-2H3,(H,25,27)(H,22,23,24). The molecule has 7 heteroatoms. The summed E-state index contributed by atoms with van der Waals surface area (Å²) in [6, 6.07) is 17.0. The van der Waals surface area contributed by atoms with Crippen molar-refractivity contribution in [2.45, 2.75) is 13.8 Å². The van der Waals surface area contributed by atoms with E-state index in [0.717, 1.165) is 11.3 Å². The number of rotatable bonds is 6. The number of hydrogen-bond donors (Lipinski definition) is 3. The molecule has 1 heterocycles. The van der Waals surface area contributed by atoms with Gasteiger partial charge in [0.25, 0.3) is 5.91 Å². The van der Waals surface area contributed by atoms with Crippen LogP contribution in [-0.2, 0) is 0 Å². The van der Waals surface area contributed by atoms with E-state index in [1.807, 2.05) is 43.0 Å². The lowest BCUT2D eigenvalue weighted by Crippen LogP contribution is -2.30. The fourth-order valence-electron chi connectivity index (χ4n) is 2.73. The maximum absolute atomic E-state index is 12.2. The molecule has 1 aromatic heterocycles. The van der Waals surface area contributed by atoms with Gasteiger partial charge in [0.15, 0.2) is 11.6 Å². The largest absolute Gasteiger partial charge is 0.393 e. The minimum Gasteiger partial charge on any atom is -0.393 e. The number of nitrogens with two attached hydrogens (primary N) is 1. The number of carbonyl (C=O) groups is 1. The minimum absolute atomic E-state index is 0.277. The third-order valence-electron chi connectivity index (χ3n) is 4.08. The topological polar surface area (TPSA) is 96.2 Å². The van der Waals surface area contributed by atoms with E-state index in [9.17, 15) is 4.79 Å². The molecule has 0 aliphatic heterocycles. The predicted octanol–water partition coefficient (Wildman–Crippen LogP) is 3.28. The van der Waals surface area contributed by atoms with Crippen LogP contribution in [0, 0.1) is 6.92 Å². The number of nitrogens with zero attached hydrogens (tertiary/aromatic N) is 3. The van der Waals surface area contributed by atoms with Gasteiger partial charge in [-0.2, -0.15) is 0 Å². The molecule has 0 atom stereocenters. The zero-order valence-corrected chi connectivity index (χ0v) is 15.3. The van der Waals surface area contributed by atoms with Gasteiger partial charge in [0.2, 0.25) is 0 Å². The van der Waals surface area contributed by atoms with Crippen LogP contribution < -0.4 is 21.5 Å². The normalized spacial score (nSPS) is 10.3. The van der Waals surface area contributed by atoms with Crippen LogP contribution in [0.25, 0.3) is 0 Å². The van der Waals surface area contributed by atoms with E-state index >= 15 is 0 Å². The smallest absolute Gasteiger partial charge is 0.269 e. The number of amides is 1. The number of aryl methyl sites for hydroxylation is 1. The molecule has 0 radical (unpaired) electrons. The zero-order chi connectivity index (χ0) is 19.2. The molecule has 1 amide bonds. The van der Waals surface area contributed by atoms with Crippen molar-refractivity contribution in [2.24, 2.45) is 0 Å². The third kappa shape index (κ3) is 4.14. The quantitative estimate of drug-likeness (QED) is 0.582. The summed E-state index contributed by atoms with van der Waals surface area (Å²) in [5, 5.41) is 0. The minimum atomic E-state index is -0.277. The number of hydrazine groups is 1. The van der Waals surface area contributed by atoms with E-state index in [0.29, 0.717) is 29.4 Å². The molecule has 3 aromatic rings. The highest BCUT2D eigenvalue weighted by molar-refractivity contribution is 5.95. The second-order valence-electron chi connectivity index (χ2n) is 5.99. The van der Waals surface area contributed by atoms with Crippen molar-refractivity contribution >= 4 is 28.9 Å². The molecular formula is C20H22N6O. The second-order valence-corrected chi connectivity index (χ2v) is 5.99. The van der Waals surface area contributed by atoms with Gasteiger partial charge in [0, 0.05) is 17.8 Å². The molecule has 0 saturated carbocycles. The van der Waals surface area contributed by atoms with E-state index in [2.05, 4.69) is 26.9 Å². The molecule has 2 aromatic carbocycles. The molecule has 0 bridgehead atoms. The third-order valence-corrected chi connectivity index (χ3v) is 4.08. The van der Waals surface area contributed by atoms with Crippen molar-refractivity contribution in [3.8, 4) is 0 Å². The molecule has 27 heavy (non-hydrogen) atoms. The maximum atomic E-state index is 12.2. The van der Waals surface area contributed by atoms with Crippen LogP contribution in [-0.4, -0.2) is 22.4 Å². The lowest BCUT2D eigenvalue weighted by molar-refractivity contribution is 0.0962. The van der Waals surface area contributed by atoms with Gasteiger partial charge in [-0.15, -0.1) is 0 Å². The molecule has 4 N–H and O–H groups in total. The molecule has 0 saturated heterocycles. The van der Waals surface area contributed by atoms with Crippen molar-refractivity contribution in [1.82, 2.24) is 15.4 Å². The number of anilines is 4. The Morgan fingerprint density at radius 3 is 2.59 bits per heavy atom. The van der Waals surface area contributed by atoms with Crippen molar-refractivity contribution in [3.05, 3.63) is 72.1 Å². The van der Waals surface area contributed by atoms with Crippen LogP contribution in [0.3, 0.4) is 0 Å². The van der Waals surface area contributed by atoms with E-state index in [4.69, 9.17) is 5.73 Å². The molecule has 0 spiro atoms. The zero-order valence-electron chi connectivity index (χ0n) is 15.3. The first kappa shape index (κ1) is 18.2. The van der Waals surface area contributed by atoms with Crippen molar-refractivity contribution in [1.29, 1.82) is 0 Å². The van der Waals surface area contributed by atoms with E-state index in [1.165, 1.54) is 6.33 Å². The van der Waals surface area contributed by atoms with Gasteiger partial charge in [0.1, 0.15) is 12.0 Å². The Morgan fingerprint density at radius 2 is 1.89 bits per heavy atom. The first-order valence-corrected chi connectivity index (χ1v) is 8.66. The van der Waals surface area contributed by atoms with Gasteiger partial charge < -0.3 is 10.6 Å². The van der Waals surface area contributed by atoms with Crippen molar-refractivity contribution in [2.75, 3.05) is 22.6 Å². The lowest BCUT2D eigenvalue weighted by atomic mass is 10.2. The van der Waals surface area contributed by atoms with Crippen LogP contribution >= 0.6 is 0 Å². The summed E-state index contributed by atoms with van der Waals surface area (Å²) < 4.78 is 0. The Hall–Kier alpha value is -3.61. The number of nitrogens with one attached hydrogen (secondary N) is 2. The fourth-order valence-corrected chi connectivity index (χ4v) is 2.73. The summed E-state index contributed by atoms with van der Waals surface area (Å²) in [4.78, 5) is 22.7. The molecule has 138 valence electrons. The molecular weight excluding hydrogens is 340 g/mol. The second kappa shape index (κ2) is 8.18. The van der Waals surface area contributed by atoms with Gasteiger partial charge in [-0.3, -0.25) is 15.6 Å². The highest BCUT2D eigenvalue weighted by atomic mass is 16.2. The number of benzene rings is 2. The average Bonchev–Trinajstić information content (AvgIpc) is 2.69. The molecule has 7 nitrogen and oxygen atoms in total. The summed E-state index contributed by atoms with van der Waals surface area (Å²) >= 11 is 0. The van der Waals surface area contributed by atoms with Crippen LogP contribution in [0.2, 0.25) is 0 Å². The molecule has 0 fully saturated rings. The average molecular weight is 362 g/mol. The SMILES string of the molecule is CCN(c1cccc(C)c1)c1ncnc(NNC(=O)c2ccccc2)c1N. The van der Waals surface area contributed by atoms with E-state index in [-0.39, 0.29) is 5.91 Å². The van der Waals surface area contributed by atoms with Gasteiger partial charge in [-0.05, 0) is 43.7 Å². The molecule has 0 unspecified atom stereocenters. The van der Waals surface area contributed by atoms with Gasteiger partial charge in [-0.25, -0.2) is 9.97 Å². The summed E-state index contributed by atoms with van der Waals surface area (Å²) in [5.41, 5.74) is 14.7. The molecule has 3 rings (SSSR count). The predicted molar refractivity (Wildman–Crippen MR) is 108 cm³/mol. The fraction of sp³-hybridized carbons (Fsp3) is 0.150. The monoisotopic (exact) mass is 362 g/mol. The van der Waals surface area contributed by atoms with E-state index < -0.39 is 0 Å². The summed E-state index contributed by atoms with van der Waals surface area (Å²) in [7, 11) is 0. The maximum Gasteiger partial charge on any atom is 0.269 e. The highest BCUT2D eigenvalue weighted by Crippen LogP contribution is 2.31. The summed E-state index contributed by atoms with van der Waals surface area (Å²) in [6.07, 6.45) is 1.42. The number of aromatic nitrogens is 2. The van der Waals surface area contributed by atoms with Crippen LogP contribution in [0.1, 0.15) is 22.8 Å². The molecule has 0 aliphatic carbocycles. The number of hydrogen-bond acceptors (Lipinski definition) is 6. The Balaban J connectivity index is 1.82. The Kier molecular flexibility index (Phi) is 5.51. The summed E-state index contributed by atoms with van der Waals surface area (Å²) in [6.45, 7) is 4.74. The molecule has 0 aliphatic rings. The number of carbonyl (C=O) groups excluding carboxylic acids is 1. The van der Waals surface area contributed by atoms with Crippen molar-refractivity contribution < 1.29 is 4.79 Å². The van der Waals surface area contributed by atoms with Crippen LogP contribution in [0.4, 0.5) is 23.0 Å². The Morgan fingerprint density at radius 1 is 1.11 bits per heavy atom. The van der Waals surface area contributed by atoms with Gasteiger partial charge in [0.05, 0.1) is 0 Å². The van der Waals surface area contributed by atoms with Gasteiger partial charge in [-0.1, -0.05) is 30.3 Å². The van der Waals surface area contributed by atoms with E-state index in [1.54, 1.807) is 24.3 Å². The Labute approximate surface area is 158 Å². The van der Waals surface area contributed by atoms with Gasteiger partial charge >= 0.3 is 0 Å². The van der Waals surface area contributed by atoms with Crippen LogP contribution in [0.15, 0.2) is 60.9 Å². The van der Waals surface area contributed by atoms with Crippen LogP contribution in [0.5, 0.6) is 0 Å². The summed E-state index contributed by atoms with van der Waals surface area (Å²) in [5.74, 6) is 0.645. The highest BCUT2D eigenvalue weighted by Gasteiger charge is 2.16. The lowest BCUT2D eigenvalue weighted by Gasteiger charge is -2.24. The Bertz CT molecular complexity index is 929. The van der Waals surface area contributed by atoms with Crippen molar-refractivity contribution in [3.63, 3.8) is 0 Å². The first-order valence-electron chi connectivity index (χ1n) is 8.66.